The molecule has 0 bridgehead atoms. The topological polar surface area (TPSA) is 63.6 Å². The second-order valence-corrected chi connectivity index (χ2v) is 5.20. The molecular formula is C14H18O4S. The lowest BCUT2D eigenvalue weighted by Gasteiger charge is -2.03. The molecule has 0 fully saturated rings. The smallest absolute Gasteiger partial charge is 0.337 e. The lowest BCUT2D eigenvalue weighted by molar-refractivity contribution is -0.137. The predicted octanol–water partition coefficient (Wildman–Crippen LogP) is 2.96. The van der Waals surface area contributed by atoms with E-state index in [9.17, 15) is 9.59 Å². The molecule has 1 aromatic rings. The third kappa shape index (κ3) is 6.29. The number of methoxy groups -OCH3 is 1. The number of unbranched alkanes of at least 4 members (excludes halogenated alkanes) is 1. The van der Waals surface area contributed by atoms with Gasteiger partial charge in [0.15, 0.2) is 0 Å². The highest BCUT2D eigenvalue weighted by atomic mass is 32.2. The van der Waals surface area contributed by atoms with Gasteiger partial charge in [0.25, 0.3) is 0 Å². The van der Waals surface area contributed by atoms with Gasteiger partial charge in [0, 0.05) is 12.2 Å². The molecule has 0 aliphatic heterocycles. The Morgan fingerprint density at radius 3 is 2.47 bits per heavy atom. The Morgan fingerprint density at radius 1 is 1.21 bits per heavy atom. The number of benzene rings is 1. The Hall–Kier alpha value is -1.49. The number of hydrogen-bond acceptors (Lipinski definition) is 4. The lowest BCUT2D eigenvalue weighted by atomic mass is 10.1. The predicted molar refractivity (Wildman–Crippen MR) is 75.4 cm³/mol. The van der Waals surface area contributed by atoms with Crippen molar-refractivity contribution in [1.82, 2.24) is 0 Å². The van der Waals surface area contributed by atoms with Crippen LogP contribution in [0.3, 0.4) is 0 Å². The minimum absolute atomic E-state index is 0.244. The van der Waals surface area contributed by atoms with E-state index in [1.54, 1.807) is 23.9 Å². The molecule has 0 aliphatic carbocycles. The van der Waals surface area contributed by atoms with E-state index in [0.29, 0.717) is 5.56 Å². The fraction of sp³-hybridized carbons (Fsp3) is 0.429. The summed E-state index contributed by atoms with van der Waals surface area (Å²) >= 11 is 1.77. The third-order valence-electron chi connectivity index (χ3n) is 2.57. The molecule has 0 spiro atoms. The summed E-state index contributed by atoms with van der Waals surface area (Å²) in [5, 5.41) is 8.49. The van der Waals surface area contributed by atoms with E-state index in [1.165, 1.54) is 7.11 Å². The van der Waals surface area contributed by atoms with Crippen molar-refractivity contribution in [3.63, 3.8) is 0 Å². The average molecular weight is 282 g/mol. The zero-order valence-corrected chi connectivity index (χ0v) is 11.7. The highest BCUT2D eigenvalue weighted by Gasteiger charge is 2.04. The van der Waals surface area contributed by atoms with E-state index in [1.807, 2.05) is 12.1 Å². The van der Waals surface area contributed by atoms with Gasteiger partial charge < -0.3 is 9.84 Å². The SMILES string of the molecule is COC(=O)c1ccc(CSCCCCC(=O)O)cc1. The van der Waals surface area contributed by atoms with Crippen molar-refractivity contribution in [2.24, 2.45) is 0 Å². The number of hydrogen-bond donors (Lipinski definition) is 1. The first-order chi connectivity index (χ1) is 9.13. The molecule has 19 heavy (non-hydrogen) atoms. The molecule has 4 nitrogen and oxygen atoms in total. The van der Waals surface area contributed by atoms with E-state index < -0.39 is 5.97 Å². The van der Waals surface area contributed by atoms with Crippen molar-refractivity contribution in [3.05, 3.63) is 35.4 Å². The summed E-state index contributed by atoms with van der Waals surface area (Å²) in [6.07, 6.45) is 1.88. The monoisotopic (exact) mass is 282 g/mol. The van der Waals surface area contributed by atoms with Crippen molar-refractivity contribution < 1.29 is 19.4 Å². The molecule has 1 rings (SSSR count). The fourth-order valence-electron chi connectivity index (χ4n) is 1.53. The number of rotatable bonds is 8. The summed E-state index contributed by atoms with van der Waals surface area (Å²) < 4.78 is 4.63. The summed E-state index contributed by atoms with van der Waals surface area (Å²) in [4.78, 5) is 21.6. The molecule has 0 heterocycles. The van der Waals surface area contributed by atoms with Gasteiger partial charge in [-0.2, -0.15) is 11.8 Å². The highest BCUT2D eigenvalue weighted by Crippen LogP contribution is 2.15. The highest BCUT2D eigenvalue weighted by molar-refractivity contribution is 7.98. The molecule has 0 saturated carbocycles. The van der Waals surface area contributed by atoms with E-state index in [-0.39, 0.29) is 12.4 Å². The molecule has 0 atom stereocenters. The summed E-state index contributed by atoms with van der Waals surface area (Å²) in [6.45, 7) is 0. The standard InChI is InChI=1S/C14H18O4S/c1-18-14(17)12-7-5-11(6-8-12)10-19-9-3-2-4-13(15)16/h5-8H,2-4,9-10H2,1H3,(H,15,16). The van der Waals surface area contributed by atoms with Crippen LogP contribution in [0.15, 0.2) is 24.3 Å². The fourth-order valence-corrected chi connectivity index (χ4v) is 2.51. The Labute approximate surface area is 117 Å². The van der Waals surface area contributed by atoms with Crippen LogP contribution < -0.4 is 0 Å². The number of aliphatic carboxylic acids is 1. The van der Waals surface area contributed by atoms with E-state index in [4.69, 9.17) is 5.11 Å². The molecule has 104 valence electrons. The first-order valence-corrected chi connectivity index (χ1v) is 7.25. The quantitative estimate of drug-likeness (QED) is 0.586. The van der Waals surface area contributed by atoms with Gasteiger partial charge in [-0.25, -0.2) is 4.79 Å². The van der Waals surface area contributed by atoms with E-state index in [2.05, 4.69) is 4.74 Å². The van der Waals surface area contributed by atoms with E-state index >= 15 is 0 Å². The van der Waals surface area contributed by atoms with Crippen LogP contribution in [0.4, 0.5) is 0 Å². The van der Waals surface area contributed by atoms with Crippen LogP contribution in [-0.4, -0.2) is 29.9 Å². The van der Waals surface area contributed by atoms with Gasteiger partial charge >= 0.3 is 11.9 Å². The molecule has 0 radical (unpaired) electrons. The number of carbonyl (C=O) groups excluding carboxylic acids is 1. The minimum Gasteiger partial charge on any atom is -0.481 e. The molecule has 1 N–H and O–H groups in total. The molecule has 0 saturated heterocycles. The van der Waals surface area contributed by atoms with Gasteiger partial charge in [0.1, 0.15) is 0 Å². The van der Waals surface area contributed by atoms with Crippen molar-refractivity contribution in [2.75, 3.05) is 12.9 Å². The van der Waals surface area contributed by atoms with Gasteiger partial charge in [-0.15, -0.1) is 0 Å². The van der Waals surface area contributed by atoms with Crippen molar-refractivity contribution in [2.45, 2.75) is 25.0 Å². The van der Waals surface area contributed by atoms with Crippen LogP contribution in [0.1, 0.15) is 35.2 Å². The van der Waals surface area contributed by atoms with Crippen molar-refractivity contribution in [3.8, 4) is 0 Å². The second-order valence-electron chi connectivity index (χ2n) is 4.09. The number of ether oxygens (including phenoxy) is 1. The number of thioether (sulfide) groups is 1. The molecule has 5 heteroatoms. The number of esters is 1. The van der Waals surface area contributed by atoms with Crippen LogP contribution in [0.25, 0.3) is 0 Å². The summed E-state index contributed by atoms with van der Waals surface area (Å²) in [5.74, 6) is 0.761. The van der Waals surface area contributed by atoms with Crippen LogP contribution in [-0.2, 0) is 15.3 Å². The van der Waals surface area contributed by atoms with Gasteiger partial charge in [0.2, 0.25) is 0 Å². The van der Waals surface area contributed by atoms with Gasteiger partial charge in [-0.1, -0.05) is 12.1 Å². The maximum Gasteiger partial charge on any atom is 0.337 e. The number of carboxylic acids is 1. The van der Waals surface area contributed by atoms with Crippen LogP contribution >= 0.6 is 11.8 Å². The molecule has 1 aromatic carbocycles. The molecule has 0 aliphatic rings. The minimum atomic E-state index is -0.733. The van der Waals surface area contributed by atoms with Crippen molar-refractivity contribution in [1.29, 1.82) is 0 Å². The maximum absolute atomic E-state index is 11.2. The first-order valence-electron chi connectivity index (χ1n) is 6.10. The van der Waals surface area contributed by atoms with E-state index in [0.717, 1.165) is 29.9 Å². The summed E-state index contributed by atoms with van der Waals surface area (Å²) in [6, 6.07) is 7.34. The average Bonchev–Trinajstić information content (AvgIpc) is 2.42. The molecular weight excluding hydrogens is 264 g/mol. The zero-order valence-electron chi connectivity index (χ0n) is 10.9. The van der Waals surface area contributed by atoms with Gasteiger partial charge in [-0.05, 0) is 36.3 Å². The van der Waals surface area contributed by atoms with Gasteiger partial charge in [0.05, 0.1) is 12.7 Å². The summed E-state index contributed by atoms with van der Waals surface area (Å²) in [5.41, 5.74) is 1.70. The number of carboxylic acid groups (broad SMARTS) is 1. The van der Waals surface area contributed by atoms with Crippen molar-refractivity contribution >= 4 is 23.7 Å². The van der Waals surface area contributed by atoms with Crippen LogP contribution in [0.5, 0.6) is 0 Å². The molecule has 0 unspecified atom stereocenters. The third-order valence-corrected chi connectivity index (χ3v) is 3.69. The lowest BCUT2D eigenvalue weighted by Crippen LogP contribution is -2.00. The zero-order chi connectivity index (χ0) is 14.1. The number of carbonyl (C=O) groups is 2. The second kappa shape index (κ2) is 8.58. The van der Waals surface area contributed by atoms with Crippen LogP contribution in [0, 0.1) is 0 Å². The molecule has 0 aromatic heterocycles. The maximum atomic E-state index is 11.2. The van der Waals surface area contributed by atoms with Gasteiger partial charge in [-0.3, -0.25) is 4.79 Å². The largest absolute Gasteiger partial charge is 0.481 e. The molecule has 0 amide bonds. The van der Waals surface area contributed by atoms with Crippen LogP contribution in [0.2, 0.25) is 0 Å². The normalized spacial score (nSPS) is 10.2. The Kier molecular flexibility index (Phi) is 7.03. The Bertz CT molecular complexity index is 414. The Morgan fingerprint density at radius 2 is 1.89 bits per heavy atom. The summed E-state index contributed by atoms with van der Waals surface area (Å²) in [7, 11) is 1.36. The first kappa shape index (κ1) is 15.6. The Balaban J connectivity index is 2.23.